The molecule has 0 fully saturated rings. The van der Waals surface area contributed by atoms with Crippen LogP contribution in [0.2, 0.25) is 0 Å². The number of sulfone groups is 1. The number of methoxy groups -OCH3 is 1. The molecular weight excluding hydrogens is 240 g/mol. The second kappa shape index (κ2) is 4.91. The first-order valence-corrected chi connectivity index (χ1v) is 7.09. The summed E-state index contributed by atoms with van der Waals surface area (Å²) in [6, 6.07) is 3.51. The molecule has 1 heterocycles. The number of aromatic nitrogens is 1. The summed E-state index contributed by atoms with van der Waals surface area (Å²) in [6.45, 7) is 3.67. The number of nitrogens with zero attached hydrogens (tertiary/aromatic N) is 1. The van der Waals surface area contributed by atoms with Gasteiger partial charge in [0.1, 0.15) is 11.6 Å². The van der Waals surface area contributed by atoms with Gasteiger partial charge in [0, 0.05) is 12.8 Å². The van der Waals surface area contributed by atoms with E-state index in [0.717, 1.165) is 0 Å². The van der Waals surface area contributed by atoms with E-state index in [2.05, 4.69) is 10.3 Å². The molecule has 0 spiro atoms. The van der Waals surface area contributed by atoms with Crippen LogP contribution in [0.5, 0.6) is 5.75 Å². The Morgan fingerprint density at radius 1 is 1.41 bits per heavy atom. The van der Waals surface area contributed by atoms with Gasteiger partial charge in [-0.25, -0.2) is 13.4 Å². The predicted octanol–water partition coefficient (Wildman–Crippen LogP) is 1.33. The molecule has 0 unspecified atom stereocenters. The molecule has 0 saturated heterocycles. The number of pyridine rings is 1. The van der Waals surface area contributed by atoms with Gasteiger partial charge in [-0.05, 0) is 26.0 Å². The lowest BCUT2D eigenvalue weighted by Crippen LogP contribution is -2.38. The number of anilines is 1. The van der Waals surface area contributed by atoms with E-state index in [-0.39, 0.29) is 0 Å². The summed E-state index contributed by atoms with van der Waals surface area (Å²) in [4.78, 5) is 4.10. The van der Waals surface area contributed by atoms with Crippen LogP contribution in [0.25, 0.3) is 0 Å². The first-order valence-electron chi connectivity index (χ1n) is 5.20. The molecule has 6 heteroatoms. The number of rotatable bonds is 5. The summed E-state index contributed by atoms with van der Waals surface area (Å²) < 4.78 is 27.1. The van der Waals surface area contributed by atoms with Gasteiger partial charge in [-0.3, -0.25) is 0 Å². The molecule has 0 atom stereocenters. The van der Waals surface area contributed by atoms with Crippen molar-refractivity contribution in [2.24, 2.45) is 0 Å². The molecule has 17 heavy (non-hydrogen) atoms. The van der Waals surface area contributed by atoms with Crippen molar-refractivity contribution in [2.75, 3.05) is 25.2 Å². The Hall–Kier alpha value is -1.30. The summed E-state index contributed by atoms with van der Waals surface area (Å²) in [7, 11) is -1.53. The van der Waals surface area contributed by atoms with Crippen LogP contribution >= 0.6 is 0 Å². The van der Waals surface area contributed by atoms with Crippen LogP contribution in [0.15, 0.2) is 18.3 Å². The summed E-state index contributed by atoms with van der Waals surface area (Å²) in [5.41, 5.74) is 0. The highest BCUT2D eigenvalue weighted by molar-refractivity contribution is 7.92. The average molecular weight is 258 g/mol. The molecule has 1 aromatic heterocycles. The molecule has 1 aromatic rings. The highest BCUT2D eigenvalue weighted by atomic mass is 32.2. The van der Waals surface area contributed by atoms with Crippen LogP contribution in [0.4, 0.5) is 5.82 Å². The Morgan fingerprint density at radius 2 is 2.06 bits per heavy atom. The van der Waals surface area contributed by atoms with Gasteiger partial charge in [0.05, 0.1) is 18.1 Å². The van der Waals surface area contributed by atoms with E-state index in [0.29, 0.717) is 18.1 Å². The van der Waals surface area contributed by atoms with Crippen molar-refractivity contribution in [1.82, 2.24) is 4.98 Å². The molecule has 0 aliphatic heterocycles. The zero-order chi connectivity index (χ0) is 13.1. The Kier molecular flexibility index (Phi) is 3.98. The van der Waals surface area contributed by atoms with Crippen molar-refractivity contribution in [3.63, 3.8) is 0 Å². The van der Waals surface area contributed by atoms with Crippen LogP contribution in [-0.2, 0) is 9.84 Å². The zero-order valence-corrected chi connectivity index (χ0v) is 11.3. The monoisotopic (exact) mass is 258 g/mol. The molecule has 1 N–H and O–H groups in total. The quantitative estimate of drug-likeness (QED) is 0.862. The fraction of sp³-hybridized carbons (Fsp3) is 0.545. The maximum absolute atomic E-state index is 11.5. The Bertz CT molecular complexity index is 466. The van der Waals surface area contributed by atoms with E-state index < -0.39 is 14.6 Å². The molecule has 0 aliphatic rings. The molecule has 96 valence electrons. The van der Waals surface area contributed by atoms with Crippen molar-refractivity contribution in [3.8, 4) is 5.75 Å². The number of ether oxygens (including phenoxy) is 1. The fourth-order valence-electron chi connectivity index (χ4n) is 1.04. The largest absolute Gasteiger partial charge is 0.495 e. The van der Waals surface area contributed by atoms with E-state index in [1.807, 2.05) is 0 Å². The van der Waals surface area contributed by atoms with Crippen molar-refractivity contribution in [3.05, 3.63) is 18.3 Å². The molecule has 1 rings (SSSR count). The first kappa shape index (κ1) is 13.8. The standard InChI is InChI=1S/C11H18N2O3S/c1-11(2,17(4,14)15)8-13-10-6-5-9(16-3)7-12-10/h5-7H,8H2,1-4H3,(H,12,13). The van der Waals surface area contributed by atoms with E-state index in [1.54, 1.807) is 39.3 Å². The van der Waals surface area contributed by atoms with Gasteiger partial charge in [0.15, 0.2) is 9.84 Å². The van der Waals surface area contributed by atoms with Crippen LogP contribution in [0.1, 0.15) is 13.8 Å². The van der Waals surface area contributed by atoms with Gasteiger partial charge >= 0.3 is 0 Å². The van der Waals surface area contributed by atoms with Crippen molar-refractivity contribution >= 4 is 15.7 Å². The molecule has 0 bridgehead atoms. The van der Waals surface area contributed by atoms with Gasteiger partial charge < -0.3 is 10.1 Å². The lowest BCUT2D eigenvalue weighted by atomic mass is 10.2. The smallest absolute Gasteiger partial charge is 0.154 e. The minimum absolute atomic E-state index is 0.311. The zero-order valence-electron chi connectivity index (χ0n) is 10.5. The second-order valence-corrected chi connectivity index (χ2v) is 7.12. The van der Waals surface area contributed by atoms with Gasteiger partial charge in [0.2, 0.25) is 0 Å². The summed E-state index contributed by atoms with van der Waals surface area (Å²) >= 11 is 0. The molecule has 0 aromatic carbocycles. The molecule has 0 radical (unpaired) electrons. The SMILES string of the molecule is COc1ccc(NCC(C)(C)S(C)(=O)=O)nc1. The average Bonchev–Trinajstić information content (AvgIpc) is 2.25. The maximum atomic E-state index is 11.5. The summed E-state index contributed by atoms with van der Waals surface area (Å²) in [5, 5.41) is 3.00. The fourth-order valence-corrected chi connectivity index (χ4v) is 1.37. The number of hydrogen-bond acceptors (Lipinski definition) is 5. The highest BCUT2D eigenvalue weighted by Gasteiger charge is 2.29. The van der Waals surface area contributed by atoms with Crippen LogP contribution in [0.3, 0.4) is 0 Å². The Labute approximate surface area is 102 Å². The normalized spacial score (nSPS) is 12.2. The minimum atomic E-state index is -3.10. The third-order valence-corrected chi connectivity index (χ3v) is 4.82. The van der Waals surface area contributed by atoms with Crippen LogP contribution in [-0.4, -0.2) is 38.1 Å². The summed E-state index contributed by atoms with van der Waals surface area (Å²) in [6.07, 6.45) is 2.81. The maximum Gasteiger partial charge on any atom is 0.154 e. The van der Waals surface area contributed by atoms with Crippen LogP contribution in [0, 0.1) is 0 Å². The minimum Gasteiger partial charge on any atom is -0.495 e. The second-order valence-electron chi connectivity index (χ2n) is 4.47. The topological polar surface area (TPSA) is 68.3 Å². The predicted molar refractivity (Wildman–Crippen MR) is 68.2 cm³/mol. The molecule has 0 aliphatic carbocycles. The molecule has 0 amide bonds. The van der Waals surface area contributed by atoms with E-state index in [4.69, 9.17) is 4.74 Å². The lowest BCUT2D eigenvalue weighted by Gasteiger charge is -2.23. The van der Waals surface area contributed by atoms with Crippen LogP contribution < -0.4 is 10.1 Å². The lowest BCUT2D eigenvalue weighted by molar-refractivity contribution is 0.413. The third-order valence-electron chi connectivity index (χ3n) is 2.67. The van der Waals surface area contributed by atoms with Crippen molar-refractivity contribution < 1.29 is 13.2 Å². The Morgan fingerprint density at radius 3 is 2.47 bits per heavy atom. The third kappa shape index (κ3) is 3.59. The Balaban J connectivity index is 2.67. The van der Waals surface area contributed by atoms with Gasteiger partial charge in [-0.2, -0.15) is 0 Å². The molecular formula is C11H18N2O3S. The molecule has 0 saturated carbocycles. The van der Waals surface area contributed by atoms with Gasteiger partial charge in [-0.15, -0.1) is 0 Å². The number of nitrogens with one attached hydrogen (secondary N) is 1. The highest BCUT2D eigenvalue weighted by Crippen LogP contribution is 2.17. The van der Waals surface area contributed by atoms with E-state index in [9.17, 15) is 8.42 Å². The van der Waals surface area contributed by atoms with Gasteiger partial charge in [-0.1, -0.05) is 0 Å². The van der Waals surface area contributed by atoms with E-state index >= 15 is 0 Å². The van der Waals surface area contributed by atoms with Crippen molar-refractivity contribution in [2.45, 2.75) is 18.6 Å². The number of hydrogen-bond donors (Lipinski definition) is 1. The summed E-state index contributed by atoms with van der Waals surface area (Å²) in [5.74, 6) is 1.29. The van der Waals surface area contributed by atoms with Gasteiger partial charge in [0.25, 0.3) is 0 Å². The van der Waals surface area contributed by atoms with E-state index in [1.165, 1.54) is 6.26 Å². The van der Waals surface area contributed by atoms with Crippen molar-refractivity contribution in [1.29, 1.82) is 0 Å². The molecule has 5 nitrogen and oxygen atoms in total. The first-order chi connectivity index (χ1) is 7.76.